The summed E-state index contributed by atoms with van der Waals surface area (Å²) in [5, 5.41) is 9.11. The molecule has 166 valence electrons. The first kappa shape index (κ1) is 27.0. The van der Waals surface area contributed by atoms with Crippen LogP contribution in [0.4, 0.5) is 18.0 Å². The molecule has 0 spiro atoms. The number of halogens is 4. The minimum absolute atomic E-state index is 0. The Hall–Kier alpha value is -0.980. The summed E-state index contributed by atoms with van der Waals surface area (Å²) in [5.41, 5.74) is 0. The molecule has 1 rings (SSSR count). The van der Waals surface area contributed by atoms with Crippen molar-refractivity contribution in [2.75, 3.05) is 39.8 Å². The van der Waals surface area contributed by atoms with E-state index in [1.807, 2.05) is 0 Å². The largest absolute Gasteiger partial charge is 0.450 e. The van der Waals surface area contributed by atoms with Gasteiger partial charge >= 0.3 is 12.3 Å². The Morgan fingerprint density at radius 1 is 1.36 bits per heavy atom. The van der Waals surface area contributed by atoms with Crippen LogP contribution in [-0.4, -0.2) is 75.0 Å². The molecular formula is C17H33F3IN5O2. The fourth-order valence-electron chi connectivity index (χ4n) is 3.06. The number of hydrogen-bond acceptors (Lipinski definition) is 4. The van der Waals surface area contributed by atoms with Crippen molar-refractivity contribution < 1.29 is 22.7 Å². The molecule has 28 heavy (non-hydrogen) atoms. The lowest BCUT2D eigenvalue weighted by atomic mass is 10.0. The van der Waals surface area contributed by atoms with Gasteiger partial charge in [0.1, 0.15) is 0 Å². The summed E-state index contributed by atoms with van der Waals surface area (Å²) in [6, 6.07) is -0.243. The van der Waals surface area contributed by atoms with E-state index < -0.39 is 18.8 Å². The van der Waals surface area contributed by atoms with Crippen molar-refractivity contribution in [3.63, 3.8) is 0 Å². The number of aliphatic imine (C=N–C) groups is 1. The predicted octanol–water partition coefficient (Wildman–Crippen LogP) is 2.57. The Labute approximate surface area is 182 Å². The van der Waals surface area contributed by atoms with E-state index in [0.717, 1.165) is 6.42 Å². The standard InChI is InChI=1S/C17H32F3N5O2.HI/c1-5-27-16(26)24-14(8-12(2)3)9-22-15(21-4)23-13-6-7-25(10-13)11-17(18,19)20;/h12-14H,5-11H2,1-4H3,(H,24,26)(H2,21,22,23);1H. The zero-order valence-electron chi connectivity index (χ0n) is 16.9. The minimum Gasteiger partial charge on any atom is -0.450 e. The first-order chi connectivity index (χ1) is 12.6. The van der Waals surface area contributed by atoms with Gasteiger partial charge in [-0.3, -0.25) is 9.89 Å². The van der Waals surface area contributed by atoms with Crippen molar-refractivity contribution >= 4 is 36.0 Å². The zero-order valence-corrected chi connectivity index (χ0v) is 19.3. The van der Waals surface area contributed by atoms with E-state index in [1.165, 1.54) is 4.90 Å². The minimum atomic E-state index is -4.18. The summed E-state index contributed by atoms with van der Waals surface area (Å²) in [5.74, 6) is 0.882. The van der Waals surface area contributed by atoms with Gasteiger partial charge in [0.05, 0.1) is 13.2 Å². The normalized spacial score (nSPS) is 19.1. The molecule has 0 radical (unpaired) electrons. The monoisotopic (exact) mass is 523 g/mol. The second kappa shape index (κ2) is 13.3. The van der Waals surface area contributed by atoms with Crippen LogP contribution >= 0.6 is 24.0 Å². The predicted molar refractivity (Wildman–Crippen MR) is 114 cm³/mol. The smallest absolute Gasteiger partial charge is 0.407 e. The van der Waals surface area contributed by atoms with Gasteiger partial charge in [0.25, 0.3) is 0 Å². The third-order valence-electron chi connectivity index (χ3n) is 4.11. The summed E-state index contributed by atoms with van der Waals surface area (Å²) in [4.78, 5) is 17.2. The van der Waals surface area contributed by atoms with Gasteiger partial charge in [-0.15, -0.1) is 24.0 Å². The van der Waals surface area contributed by atoms with Crippen LogP contribution < -0.4 is 16.0 Å². The number of alkyl carbamates (subject to hydrolysis) is 1. The highest BCUT2D eigenvalue weighted by Crippen LogP contribution is 2.19. The number of guanidine groups is 1. The van der Waals surface area contributed by atoms with E-state index in [2.05, 4.69) is 34.8 Å². The number of hydrogen-bond donors (Lipinski definition) is 3. The van der Waals surface area contributed by atoms with E-state index in [0.29, 0.717) is 44.5 Å². The first-order valence-electron chi connectivity index (χ1n) is 9.32. The molecule has 1 saturated heterocycles. The summed E-state index contributed by atoms with van der Waals surface area (Å²) < 4.78 is 42.4. The van der Waals surface area contributed by atoms with Gasteiger partial charge in [-0.05, 0) is 25.7 Å². The SMILES string of the molecule is CCOC(=O)NC(CNC(=NC)NC1CCN(CC(F)(F)F)C1)CC(C)C.I. The average molecular weight is 523 g/mol. The number of ether oxygens (including phenoxy) is 1. The second-order valence-electron chi connectivity index (χ2n) is 7.12. The molecule has 3 N–H and O–H groups in total. The van der Waals surface area contributed by atoms with E-state index in [9.17, 15) is 18.0 Å². The molecule has 7 nitrogen and oxygen atoms in total. The molecular weight excluding hydrogens is 490 g/mol. The fraction of sp³-hybridized carbons (Fsp3) is 0.882. The van der Waals surface area contributed by atoms with Crippen molar-refractivity contribution in [1.29, 1.82) is 0 Å². The van der Waals surface area contributed by atoms with Crippen LogP contribution in [-0.2, 0) is 4.74 Å². The molecule has 0 aromatic rings. The summed E-state index contributed by atoms with van der Waals surface area (Å²) in [6.45, 7) is 6.41. The highest BCUT2D eigenvalue weighted by Gasteiger charge is 2.34. The number of rotatable bonds is 8. The van der Waals surface area contributed by atoms with Crippen LogP contribution in [0.1, 0.15) is 33.6 Å². The lowest BCUT2D eigenvalue weighted by Crippen LogP contribution is -2.50. The maximum absolute atomic E-state index is 12.5. The average Bonchev–Trinajstić information content (AvgIpc) is 2.95. The molecule has 0 aromatic carbocycles. The Kier molecular flexibility index (Phi) is 12.8. The van der Waals surface area contributed by atoms with Gasteiger partial charge in [-0.2, -0.15) is 13.2 Å². The van der Waals surface area contributed by atoms with Crippen LogP contribution in [0.25, 0.3) is 0 Å². The van der Waals surface area contributed by atoms with Gasteiger partial charge in [0.15, 0.2) is 5.96 Å². The van der Waals surface area contributed by atoms with Crippen molar-refractivity contribution in [2.45, 2.75) is 51.9 Å². The number of carbonyl (C=O) groups excluding carboxylic acids is 1. The molecule has 1 amide bonds. The van der Waals surface area contributed by atoms with Crippen molar-refractivity contribution in [3.8, 4) is 0 Å². The Balaban J connectivity index is 0.00000729. The number of likely N-dealkylation sites (tertiary alicyclic amines) is 1. The molecule has 2 unspecified atom stereocenters. The second-order valence-corrected chi connectivity index (χ2v) is 7.12. The van der Waals surface area contributed by atoms with Crippen LogP contribution in [0.3, 0.4) is 0 Å². The molecule has 0 bridgehead atoms. The number of nitrogens with zero attached hydrogens (tertiary/aromatic N) is 2. The summed E-state index contributed by atoms with van der Waals surface area (Å²) in [6.07, 6.45) is -3.28. The maximum atomic E-state index is 12.5. The maximum Gasteiger partial charge on any atom is 0.407 e. The van der Waals surface area contributed by atoms with E-state index in [-0.39, 0.29) is 36.1 Å². The molecule has 0 aliphatic carbocycles. The van der Waals surface area contributed by atoms with Gasteiger partial charge in [0.2, 0.25) is 0 Å². The number of nitrogens with one attached hydrogen (secondary N) is 3. The Morgan fingerprint density at radius 2 is 2.04 bits per heavy atom. The van der Waals surface area contributed by atoms with E-state index >= 15 is 0 Å². The molecule has 1 fully saturated rings. The third kappa shape index (κ3) is 11.8. The summed E-state index contributed by atoms with van der Waals surface area (Å²) >= 11 is 0. The molecule has 1 heterocycles. The topological polar surface area (TPSA) is 78.0 Å². The van der Waals surface area contributed by atoms with Gasteiger partial charge in [0, 0.05) is 38.8 Å². The molecule has 11 heteroatoms. The molecule has 2 atom stereocenters. The Bertz CT molecular complexity index is 492. The van der Waals surface area contributed by atoms with Crippen molar-refractivity contribution in [3.05, 3.63) is 0 Å². The van der Waals surface area contributed by atoms with Gasteiger partial charge < -0.3 is 20.7 Å². The highest BCUT2D eigenvalue weighted by atomic mass is 127. The zero-order chi connectivity index (χ0) is 20.4. The Morgan fingerprint density at radius 3 is 2.57 bits per heavy atom. The number of alkyl halides is 3. The summed E-state index contributed by atoms with van der Waals surface area (Å²) in [7, 11) is 1.61. The molecule has 1 aliphatic heterocycles. The van der Waals surface area contributed by atoms with Gasteiger partial charge in [-0.25, -0.2) is 4.79 Å². The number of carbonyl (C=O) groups is 1. The molecule has 1 aliphatic rings. The van der Waals surface area contributed by atoms with Crippen molar-refractivity contribution in [1.82, 2.24) is 20.9 Å². The number of amides is 1. The van der Waals surface area contributed by atoms with Crippen LogP contribution in [0.15, 0.2) is 4.99 Å². The quantitative estimate of drug-likeness (QED) is 0.259. The van der Waals surface area contributed by atoms with Crippen LogP contribution in [0.5, 0.6) is 0 Å². The third-order valence-corrected chi connectivity index (χ3v) is 4.11. The first-order valence-corrected chi connectivity index (χ1v) is 9.32. The van der Waals surface area contributed by atoms with Gasteiger partial charge in [-0.1, -0.05) is 13.8 Å². The van der Waals surface area contributed by atoms with E-state index in [1.54, 1.807) is 14.0 Å². The molecule has 0 aromatic heterocycles. The lowest BCUT2D eigenvalue weighted by molar-refractivity contribution is -0.143. The molecule has 0 saturated carbocycles. The van der Waals surface area contributed by atoms with E-state index in [4.69, 9.17) is 4.74 Å². The van der Waals surface area contributed by atoms with Crippen LogP contribution in [0, 0.1) is 5.92 Å². The lowest BCUT2D eigenvalue weighted by Gasteiger charge is -2.23. The fourth-order valence-corrected chi connectivity index (χ4v) is 3.06. The van der Waals surface area contributed by atoms with Crippen molar-refractivity contribution in [2.24, 2.45) is 10.9 Å². The highest BCUT2D eigenvalue weighted by molar-refractivity contribution is 14.0. The van der Waals surface area contributed by atoms with Crippen LogP contribution in [0.2, 0.25) is 0 Å².